The Morgan fingerprint density at radius 2 is 1.09 bits per heavy atom. The summed E-state index contributed by atoms with van der Waals surface area (Å²) in [7, 11) is 0. The molecule has 0 aliphatic rings. The van der Waals surface area contributed by atoms with Crippen molar-refractivity contribution in [3.8, 4) is 0 Å². The van der Waals surface area contributed by atoms with Gasteiger partial charge >= 0.3 is 11.9 Å². The number of carbonyl (C=O) groups is 2. The van der Waals surface area contributed by atoms with Crippen molar-refractivity contribution in [2.45, 2.75) is 12.8 Å². The fourth-order valence-corrected chi connectivity index (χ4v) is 1.68. The summed E-state index contributed by atoms with van der Waals surface area (Å²) in [5, 5.41) is 0. The molecule has 0 radical (unpaired) electrons. The summed E-state index contributed by atoms with van der Waals surface area (Å²) in [6.07, 6.45) is 7.40. The van der Waals surface area contributed by atoms with Crippen molar-refractivity contribution in [1.29, 1.82) is 0 Å². The number of hydrogen-bond acceptors (Lipinski definition) is 6. The van der Waals surface area contributed by atoms with Crippen molar-refractivity contribution in [2.75, 3.05) is 13.2 Å². The van der Waals surface area contributed by atoms with Crippen LogP contribution in [0.4, 0.5) is 0 Å². The van der Waals surface area contributed by atoms with Crippen molar-refractivity contribution in [3.63, 3.8) is 0 Å². The van der Waals surface area contributed by atoms with Gasteiger partial charge in [0.05, 0.1) is 24.3 Å². The first kappa shape index (κ1) is 15.6. The van der Waals surface area contributed by atoms with E-state index in [9.17, 15) is 9.59 Å². The van der Waals surface area contributed by atoms with E-state index in [1.165, 1.54) is 24.8 Å². The third-order valence-corrected chi connectivity index (χ3v) is 2.84. The van der Waals surface area contributed by atoms with E-state index in [0.29, 0.717) is 24.0 Å². The molecule has 0 spiro atoms. The lowest BCUT2D eigenvalue weighted by molar-refractivity contribution is 0.0432. The van der Waals surface area contributed by atoms with E-state index in [4.69, 9.17) is 9.47 Å². The molecule has 0 amide bonds. The summed E-state index contributed by atoms with van der Waals surface area (Å²) >= 11 is 0. The Kier molecular flexibility index (Phi) is 6.04. The van der Waals surface area contributed by atoms with E-state index in [0.717, 1.165) is 0 Å². The van der Waals surface area contributed by atoms with Crippen molar-refractivity contribution in [2.24, 2.45) is 0 Å². The second-order valence-corrected chi connectivity index (χ2v) is 4.45. The van der Waals surface area contributed by atoms with Crippen molar-refractivity contribution in [1.82, 2.24) is 9.97 Å². The number of unbranched alkanes of at least 4 members (excludes halogenated alkanes) is 1. The lowest BCUT2D eigenvalue weighted by Crippen LogP contribution is -2.09. The van der Waals surface area contributed by atoms with Gasteiger partial charge < -0.3 is 9.47 Å². The molecule has 0 saturated carbocycles. The van der Waals surface area contributed by atoms with Crippen LogP contribution in [0.2, 0.25) is 0 Å². The first-order valence-electron chi connectivity index (χ1n) is 6.91. The molecule has 2 aromatic rings. The zero-order valence-electron chi connectivity index (χ0n) is 12.0. The standard InChI is InChI=1S/C16H16N2O4/c19-15(13-3-7-17-8-4-13)21-11-1-2-12-22-16(20)14-5-9-18-10-6-14/h3-10H,1-2,11-12H2. The molecule has 0 bridgehead atoms. The average molecular weight is 300 g/mol. The van der Waals surface area contributed by atoms with Crippen LogP contribution in [-0.4, -0.2) is 35.1 Å². The summed E-state index contributed by atoms with van der Waals surface area (Å²) in [6.45, 7) is 0.571. The predicted octanol–water partition coefficient (Wildman–Crippen LogP) is 2.27. The zero-order chi connectivity index (χ0) is 15.6. The molecule has 2 rings (SSSR count). The fraction of sp³-hybridized carbons (Fsp3) is 0.250. The number of pyridine rings is 2. The Morgan fingerprint density at radius 3 is 1.45 bits per heavy atom. The molecule has 0 fully saturated rings. The molecule has 2 aromatic heterocycles. The molecule has 22 heavy (non-hydrogen) atoms. The van der Waals surface area contributed by atoms with Crippen LogP contribution in [-0.2, 0) is 9.47 Å². The number of carbonyl (C=O) groups excluding carboxylic acids is 2. The number of aromatic nitrogens is 2. The van der Waals surface area contributed by atoms with Gasteiger partial charge in [-0.1, -0.05) is 0 Å². The minimum absolute atomic E-state index is 0.286. The molecule has 0 atom stereocenters. The summed E-state index contributed by atoms with van der Waals surface area (Å²) in [4.78, 5) is 30.9. The van der Waals surface area contributed by atoms with Crippen molar-refractivity contribution in [3.05, 3.63) is 60.2 Å². The average Bonchev–Trinajstić information content (AvgIpc) is 2.59. The van der Waals surface area contributed by atoms with E-state index >= 15 is 0 Å². The van der Waals surface area contributed by atoms with Gasteiger partial charge in [0.1, 0.15) is 0 Å². The lowest BCUT2D eigenvalue weighted by atomic mass is 10.3. The minimum atomic E-state index is -0.379. The summed E-state index contributed by atoms with van der Waals surface area (Å²) in [5.74, 6) is -0.757. The highest BCUT2D eigenvalue weighted by Gasteiger charge is 2.07. The maximum Gasteiger partial charge on any atom is 0.338 e. The van der Waals surface area contributed by atoms with Crippen LogP contribution in [0.25, 0.3) is 0 Å². The second kappa shape index (κ2) is 8.51. The van der Waals surface area contributed by atoms with Crippen LogP contribution in [0.3, 0.4) is 0 Å². The van der Waals surface area contributed by atoms with Crippen LogP contribution < -0.4 is 0 Å². The highest BCUT2D eigenvalue weighted by atomic mass is 16.5. The summed E-state index contributed by atoms with van der Waals surface area (Å²) in [5.41, 5.74) is 0.943. The Morgan fingerprint density at radius 1 is 0.727 bits per heavy atom. The predicted molar refractivity (Wildman–Crippen MR) is 78.3 cm³/mol. The lowest BCUT2D eigenvalue weighted by Gasteiger charge is -2.06. The molecule has 0 aliphatic heterocycles. The van der Waals surface area contributed by atoms with Gasteiger partial charge in [0, 0.05) is 24.8 Å². The summed E-state index contributed by atoms with van der Waals surface area (Å²) < 4.78 is 10.2. The molecule has 0 aromatic carbocycles. The maximum atomic E-state index is 11.6. The fourth-order valence-electron chi connectivity index (χ4n) is 1.68. The first-order chi connectivity index (χ1) is 10.8. The molecular formula is C16H16N2O4. The van der Waals surface area contributed by atoms with Gasteiger partial charge in [-0.3, -0.25) is 9.97 Å². The molecule has 6 heteroatoms. The number of ether oxygens (including phenoxy) is 2. The van der Waals surface area contributed by atoms with Crippen LogP contribution in [0.5, 0.6) is 0 Å². The number of esters is 2. The van der Waals surface area contributed by atoms with Crippen LogP contribution in [0, 0.1) is 0 Å². The first-order valence-corrected chi connectivity index (χ1v) is 6.91. The molecule has 0 unspecified atom stereocenters. The van der Waals surface area contributed by atoms with Gasteiger partial charge in [-0.25, -0.2) is 9.59 Å². The van der Waals surface area contributed by atoms with Crippen molar-refractivity contribution >= 4 is 11.9 Å². The Balaban J connectivity index is 1.58. The van der Waals surface area contributed by atoms with E-state index in [-0.39, 0.29) is 25.2 Å². The Hall–Kier alpha value is -2.76. The van der Waals surface area contributed by atoms with E-state index in [2.05, 4.69) is 9.97 Å². The van der Waals surface area contributed by atoms with Crippen molar-refractivity contribution < 1.29 is 19.1 Å². The van der Waals surface area contributed by atoms with E-state index in [1.54, 1.807) is 24.3 Å². The maximum absolute atomic E-state index is 11.6. The molecule has 114 valence electrons. The van der Waals surface area contributed by atoms with Gasteiger partial charge in [0.2, 0.25) is 0 Å². The van der Waals surface area contributed by atoms with E-state index < -0.39 is 0 Å². The molecule has 6 nitrogen and oxygen atoms in total. The SMILES string of the molecule is O=C(OCCCCOC(=O)c1ccncc1)c1ccncc1. The molecule has 2 heterocycles. The van der Waals surface area contributed by atoms with E-state index in [1.807, 2.05) is 0 Å². The molecule has 0 saturated heterocycles. The highest BCUT2D eigenvalue weighted by Crippen LogP contribution is 2.03. The Labute approximate surface area is 128 Å². The third kappa shape index (κ3) is 4.97. The minimum Gasteiger partial charge on any atom is -0.462 e. The summed E-state index contributed by atoms with van der Waals surface area (Å²) in [6, 6.07) is 6.38. The third-order valence-electron chi connectivity index (χ3n) is 2.84. The molecule has 0 aliphatic carbocycles. The van der Waals surface area contributed by atoms with Crippen LogP contribution in [0.1, 0.15) is 33.6 Å². The Bertz CT molecular complexity index is 547. The second-order valence-electron chi connectivity index (χ2n) is 4.45. The van der Waals surface area contributed by atoms with Gasteiger partial charge in [0.25, 0.3) is 0 Å². The zero-order valence-corrected chi connectivity index (χ0v) is 12.0. The number of nitrogens with zero attached hydrogens (tertiary/aromatic N) is 2. The molecular weight excluding hydrogens is 284 g/mol. The number of hydrogen-bond donors (Lipinski definition) is 0. The topological polar surface area (TPSA) is 78.4 Å². The van der Waals surface area contributed by atoms with Gasteiger partial charge in [-0.2, -0.15) is 0 Å². The normalized spacial score (nSPS) is 10.0. The smallest absolute Gasteiger partial charge is 0.338 e. The molecule has 0 N–H and O–H groups in total. The van der Waals surface area contributed by atoms with Gasteiger partial charge in [-0.15, -0.1) is 0 Å². The quantitative estimate of drug-likeness (QED) is 0.576. The highest BCUT2D eigenvalue weighted by molar-refractivity contribution is 5.89. The van der Waals surface area contributed by atoms with Gasteiger partial charge in [-0.05, 0) is 37.1 Å². The van der Waals surface area contributed by atoms with Crippen LogP contribution >= 0.6 is 0 Å². The largest absolute Gasteiger partial charge is 0.462 e. The van der Waals surface area contributed by atoms with Crippen LogP contribution in [0.15, 0.2) is 49.1 Å². The van der Waals surface area contributed by atoms with Gasteiger partial charge in [0.15, 0.2) is 0 Å². The number of rotatable bonds is 7. The monoisotopic (exact) mass is 300 g/mol.